The van der Waals surface area contributed by atoms with E-state index in [9.17, 15) is 4.79 Å². The van der Waals surface area contributed by atoms with Crippen LogP contribution in [0.25, 0.3) is 0 Å². The van der Waals surface area contributed by atoms with Gasteiger partial charge >= 0.3 is 0 Å². The van der Waals surface area contributed by atoms with Gasteiger partial charge in [-0.1, -0.05) is 47.0 Å². The molecular weight excluding hydrogens is 290 g/mol. The Balaban J connectivity index is 1.86. The summed E-state index contributed by atoms with van der Waals surface area (Å²) in [5, 5.41) is 0. The van der Waals surface area contributed by atoms with Gasteiger partial charge in [-0.2, -0.15) is 0 Å². The summed E-state index contributed by atoms with van der Waals surface area (Å²) in [5.41, 5.74) is 1.24. The molecule has 18 heavy (non-hydrogen) atoms. The van der Waals surface area contributed by atoms with Gasteiger partial charge in [0.05, 0.1) is 6.54 Å². The van der Waals surface area contributed by atoms with Crippen LogP contribution < -0.4 is 0 Å². The van der Waals surface area contributed by atoms with Gasteiger partial charge in [0.25, 0.3) is 0 Å². The monoisotopic (exact) mass is 309 g/mol. The molecule has 0 N–H and O–H groups in total. The highest BCUT2D eigenvalue weighted by molar-refractivity contribution is 9.10. The van der Waals surface area contributed by atoms with Crippen molar-refractivity contribution in [3.63, 3.8) is 0 Å². The lowest BCUT2D eigenvalue weighted by molar-refractivity contribution is -0.123. The van der Waals surface area contributed by atoms with Crippen LogP contribution in [0.1, 0.15) is 31.2 Å². The molecule has 1 aliphatic rings. The summed E-state index contributed by atoms with van der Waals surface area (Å²) in [6.45, 7) is 1.39. The van der Waals surface area contributed by atoms with Gasteiger partial charge in [0.1, 0.15) is 5.78 Å². The fourth-order valence-corrected chi connectivity index (χ4v) is 3.03. The maximum atomic E-state index is 12.1. The number of Topliss-reactive ketones (excluding diaryl/α,β-unsaturated/α-hetero) is 1. The van der Waals surface area contributed by atoms with E-state index in [0.29, 0.717) is 18.2 Å². The first kappa shape index (κ1) is 13.8. The van der Waals surface area contributed by atoms with Crippen molar-refractivity contribution in [2.75, 3.05) is 13.6 Å². The van der Waals surface area contributed by atoms with Crippen molar-refractivity contribution in [2.24, 2.45) is 5.92 Å². The van der Waals surface area contributed by atoms with Crippen LogP contribution in [0, 0.1) is 5.92 Å². The smallest absolute Gasteiger partial charge is 0.149 e. The molecule has 1 aliphatic carbocycles. The third-order valence-electron chi connectivity index (χ3n) is 3.63. The zero-order chi connectivity index (χ0) is 13.0. The summed E-state index contributed by atoms with van der Waals surface area (Å²) in [4.78, 5) is 14.2. The van der Waals surface area contributed by atoms with Gasteiger partial charge in [-0.15, -0.1) is 0 Å². The number of rotatable bonds is 5. The van der Waals surface area contributed by atoms with Crippen molar-refractivity contribution in [1.29, 1.82) is 0 Å². The third kappa shape index (κ3) is 3.66. The highest BCUT2D eigenvalue weighted by Crippen LogP contribution is 2.26. The molecule has 2 nitrogen and oxygen atoms in total. The van der Waals surface area contributed by atoms with Gasteiger partial charge in [-0.05, 0) is 31.5 Å². The van der Waals surface area contributed by atoms with Gasteiger partial charge in [0.15, 0.2) is 0 Å². The highest BCUT2D eigenvalue weighted by Gasteiger charge is 2.23. The van der Waals surface area contributed by atoms with Crippen molar-refractivity contribution < 1.29 is 4.79 Å². The van der Waals surface area contributed by atoms with Crippen molar-refractivity contribution in [2.45, 2.75) is 32.2 Å². The fraction of sp³-hybridized carbons (Fsp3) is 0.533. The van der Waals surface area contributed by atoms with Crippen molar-refractivity contribution >= 4 is 21.7 Å². The van der Waals surface area contributed by atoms with Crippen molar-refractivity contribution in [3.05, 3.63) is 34.3 Å². The Kier molecular flexibility index (Phi) is 4.95. The van der Waals surface area contributed by atoms with E-state index in [1.54, 1.807) is 0 Å². The Morgan fingerprint density at radius 1 is 1.33 bits per heavy atom. The number of hydrogen-bond donors (Lipinski definition) is 0. The molecule has 1 aromatic rings. The highest BCUT2D eigenvalue weighted by atomic mass is 79.9. The second-order valence-corrected chi connectivity index (χ2v) is 6.07. The molecule has 1 saturated carbocycles. The maximum Gasteiger partial charge on any atom is 0.149 e. The summed E-state index contributed by atoms with van der Waals surface area (Å²) < 4.78 is 1.12. The lowest BCUT2D eigenvalue weighted by Gasteiger charge is -2.18. The van der Waals surface area contributed by atoms with E-state index in [0.717, 1.165) is 23.9 Å². The molecule has 0 aromatic heterocycles. The number of nitrogens with zero attached hydrogens (tertiary/aromatic N) is 1. The minimum Gasteiger partial charge on any atom is -0.298 e. The van der Waals surface area contributed by atoms with Gasteiger partial charge < -0.3 is 0 Å². The quantitative estimate of drug-likeness (QED) is 0.827. The molecule has 0 atom stereocenters. The van der Waals surface area contributed by atoms with Crippen LogP contribution in [0.15, 0.2) is 28.7 Å². The van der Waals surface area contributed by atoms with Crippen molar-refractivity contribution in [3.8, 4) is 0 Å². The molecule has 1 aromatic carbocycles. The number of hydrogen-bond acceptors (Lipinski definition) is 2. The van der Waals surface area contributed by atoms with E-state index in [-0.39, 0.29) is 0 Å². The Hall–Kier alpha value is -0.670. The molecule has 2 rings (SSSR count). The molecule has 0 heterocycles. The van der Waals surface area contributed by atoms with Crippen LogP contribution in [0.4, 0.5) is 0 Å². The zero-order valence-corrected chi connectivity index (χ0v) is 12.4. The van der Waals surface area contributed by atoms with Crippen LogP contribution in [-0.2, 0) is 11.3 Å². The van der Waals surface area contributed by atoms with Crippen LogP contribution in [0.5, 0.6) is 0 Å². The van der Waals surface area contributed by atoms with Crippen LogP contribution >= 0.6 is 15.9 Å². The Morgan fingerprint density at radius 3 is 2.67 bits per heavy atom. The standard InChI is InChI=1S/C15H20BrNO/c1-17(10-13-8-4-5-9-14(13)16)11-15(18)12-6-2-3-7-12/h4-5,8-9,12H,2-3,6-7,10-11H2,1H3. The number of carbonyl (C=O) groups excluding carboxylic acids is 1. The molecule has 98 valence electrons. The zero-order valence-electron chi connectivity index (χ0n) is 10.9. The first-order valence-corrected chi connectivity index (χ1v) is 7.41. The molecule has 0 saturated heterocycles. The molecule has 0 unspecified atom stereocenters. The topological polar surface area (TPSA) is 20.3 Å². The predicted octanol–water partition coefficient (Wildman–Crippen LogP) is 3.64. The normalized spacial score (nSPS) is 16.4. The summed E-state index contributed by atoms with van der Waals surface area (Å²) in [5.74, 6) is 0.744. The van der Waals surface area contributed by atoms with E-state index in [4.69, 9.17) is 0 Å². The van der Waals surface area contributed by atoms with E-state index in [2.05, 4.69) is 26.9 Å². The number of ketones is 1. The third-order valence-corrected chi connectivity index (χ3v) is 4.41. The van der Waals surface area contributed by atoms with Crippen molar-refractivity contribution in [1.82, 2.24) is 4.90 Å². The van der Waals surface area contributed by atoms with E-state index < -0.39 is 0 Å². The Morgan fingerprint density at radius 2 is 2.00 bits per heavy atom. The molecule has 0 spiro atoms. The summed E-state index contributed by atoms with van der Waals surface area (Å²) in [7, 11) is 2.02. The number of halogens is 1. The average Bonchev–Trinajstić information content (AvgIpc) is 2.85. The summed E-state index contributed by atoms with van der Waals surface area (Å²) in [6, 6.07) is 8.19. The number of likely N-dealkylation sites (N-methyl/N-ethyl adjacent to an activating group) is 1. The number of carbonyl (C=O) groups is 1. The van der Waals surface area contributed by atoms with E-state index in [1.807, 2.05) is 25.2 Å². The van der Waals surface area contributed by atoms with Crippen LogP contribution in [0.2, 0.25) is 0 Å². The first-order valence-electron chi connectivity index (χ1n) is 6.61. The predicted molar refractivity (Wildman–Crippen MR) is 77.4 cm³/mol. The average molecular weight is 310 g/mol. The van der Waals surface area contributed by atoms with E-state index in [1.165, 1.54) is 18.4 Å². The first-order chi connectivity index (χ1) is 8.66. The lowest BCUT2D eigenvalue weighted by atomic mass is 10.0. The van der Waals surface area contributed by atoms with Gasteiger partial charge in [0, 0.05) is 16.9 Å². The minimum atomic E-state index is 0.326. The minimum absolute atomic E-state index is 0.326. The second-order valence-electron chi connectivity index (χ2n) is 5.21. The Labute approximate surface area is 117 Å². The molecule has 0 bridgehead atoms. The van der Waals surface area contributed by atoms with Gasteiger partial charge in [0.2, 0.25) is 0 Å². The van der Waals surface area contributed by atoms with Gasteiger partial charge in [-0.3, -0.25) is 9.69 Å². The largest absolute Gasteiger partial charge is 0.298 e. The number of benzene rings is 1. The van der Waals surface area contributed by atoms with E-state index >= 15 is 0 Å². The lowest BCUT2D eigenvalue weighted by Crippen LogP contribution is -2.29. The molecule has 0 amide bonds. The summed E-state index contributed by atoms with van der Waals surface area (Å²) >= 11 is 3.55. The summed E-state index contributed by atoms with van der Waals surface area (Å²) in [6.07, 6.45) is 4.65. The molecular formula is C15H20BrNO. The SMILES string of the molecule is CN(CC(=O)C1CCCC1)Cc1ccccc1Br. The molecule has 0 radical (unpaired) electrons. The second kappa shape index (κ2) is 6.48. The molecule has 0 aliphatic heterocycles. The van der Waals surface area contributed by atoms with Crippen LogP contribution in [-0.4, -0.2) is 24.3 Å². The Bertz CT molecular complexity index is 413. The molecule has 3 heteroatoms. The maximum absolute atomic E-state index is 12.1. The van der Waals surface area contributed by atoms with Gasteiger partial charge in [-0.25, -0.2) is 0 Å². The van der Waals surface area contributed by atoms with Crippen LogP contribution in [0.3, 0.4) is 0 Å². The molecule has 1 fully saturated rings. The fourth-order valence-electron chi connectivity index (χ4n) is 2.62.